The SMILES string of the molecule is CN1OCC(S(=O)(=O)NC2CC2)C1c1ccc(OCc2ccccc2)cc1. The topological polar surface area (TPSA) is 67.9 Å². The Kier molecular flexibility index (Phi) is 5.19. The van der Waals surface area contributed by atoms with Crippen molar-refractivity contribution in [2.75, 3.05) is 13.7 Å². The molecule has 0 amide bonds. The summed E-state index contributed by atoms with van der Waals surface area (Å²) < 4.78 is 34.0. The van der Waals surface area contributed by atoms with Gasteiger partial charge in [-0.25, -0.2) is 13.1 Å². The van der Waals surface area contributed by atoms with E-state index in [9.17, 15) is 8.42 Å². The van der Waals surface area contributed by atoms with Gasteiger partial charge in [0.15, 0.2) is 0 Å². The van der Waals surface area contributed by atoms with Gasteiger partial charge in [-0.2, -0.15) is 5.06 Å². The zero-order chi connectivity index (χ0) is 18.9. The third-order valence-electron chi connectivity index (χ3n) is 4.96. The second kappa shape index (κ2) is 7.59. The highest BCUT2D eigenvalue weighted by Crippen LogP contribution is 2.35. The number of ether oxygens (including phenoxy) is 1. The van der Waals surface area contributed by atoms with Crippen LogP contribution in [0.2, 0.25) is 0 Å². The van der Waals surface area contributed by atoms with E-state index >= 15 is 0 Å². The molecule has 27 heavy (non-hydrogen) atoms. The van der Waals surface area contributed by atoms with Crippen LogP contribution in [0.5, 0.6) is 5.75 Å². The quantitative estimate of drug-likeness (QED) is 0.790. The van der Waals surface area contributed by atoms with Crippen molar-refractivity contribution in [2.24, 2.45) is 0 Å². The molecule has 2 fully saturated rings. The van der Waals surface area contributed by atoms with Gasteiger partial charge in [0.05, 0.1) is 12.6 Å². The lowest BCUT2D eigenvalue weighted by Gasteiger charge is -2.23. The number of hydroxylamine groups is 2. The number of benzene rings is 2. The van der Waals surface area contributed by atoms with Crippen LogP contribution in [0.25, 0.3) is 0 Å². The normalized spacial score (nSPS) is 23.4. The first kappa shape index (κ1) is 18.4. The molecule has 1 aliphatic heterocycles. The summed E-state index contributed by atoms with van der Waals surface area (Å²) in [4.78, 5) is 5.54. The van der Waals surface area contributed by atoms with Gasteiger partial charge in [0.25, 0.3) is 0 Å². The molecular weight excluding hydrogens is 364 g/mol. The van der Waals surface area contributed by atoms with Crippen molar-refractivity contribution in [3.63, 3.8) is 0 Å². The Labute approximate surface area is 160 Å². The molecule has 1 saturated heterocycles. The largest absolute Gasteiger partial charge is 0.489 e. The van der Waals surface area contributed by atoms with Crippen LogP contribution in [0.1, 0.15) is 30.0 Å². The van der Waals surface area contributed by atoms with Crippen LogP contribution >= 0.6 is 0 Å². The van der Waals surface area contributed by atoms with Gasteiger partial charge in [-0.3, -0.25) is 4.84 Å². The lowest BCUT2D eigenvalue weighted by Crippen LogP contribution is -2.40. The van der Waals surface area contributed by atoms with Crippen LogP contribution in [0.3, 0.4) is 0 Å². The molecule has 2 atom stereocenters. The molecule has 1 N–H and O–H groups in total. The molecule has 2 aliphatic rings. The van der Waals surface area contributed by atoms with E-state index < -0.39 is 15.3 Å². The van der Waals surface area contributed by atoms with Crippen LogP contribution in [-0.2, 0) is 21.5 Å². The molecule has 7 heteroatoms. The zero-order valence-corrected chi connectivity index (χ0v) is 16.1. The van der Waals surface area contributed by atoms with Gasteiger partial charge in [0, 0.05) is 13.1 Å². The molecule has 2 aromatic rings. The second-order valence-corrected chi connectivity index (χ2v) is 9.04. The van der Waals surface area contributed by atoms with Crippen molar-refractivity contribution >= 4 is 10.0 Å². The maximum Gasteiger partial charge on any atom is 0.219 e. The first-order chi connectivity index (χ1) is 13.0. The smallest absolute Gasteiger partial charge is 0.219 e. The van der Waals surface area contributed by atoms with Gasteiger partial charge in [0.2, 0.25) is 10.0 Å². The summed E-state index contributed by atoms with van der Waals surface area (Å²) in [6, 6.07) is 17.3. The zero-order valence-electron chi connectivity index (χ0n) is 15.2. The fraction of sp³-hybridized carbons (Fsp3) is 0.400. The lowest BCUT2D eigenvalue weighted by atomic mass is 10.0. The minimum Gasteiger partial charge on any atom is -0.489 e. The summed E-state index contributed by atoms with van der Waals surface area (Å²) in [5.74, 6) is 0.750. The van der Waals surface area contributed by atoms with Crippen molar-refractivity contribution in [3.05, 3.63) is 65.7 Å². The van der Waals surface area contributed by atoms with Crippen LogP contribution < -0.4 is 9.46 Å². The maximum absolute atomic E-state index is 12.7. The molecule has 2 aromatic carbocycles. The number of sulfonamides is 1. The molecule has 1 saturated carbocycles. The van der Waals surface area contributed by atoms with Crippen molar-refractivity contribution in [2.45, 2.75) is 36.8 Å². The Morgan fingerprint density at radius 3 is 2.48 bits per heavy atom. The van der Waals surface area contributed by atoms with E-state index in [0.29, 0.717) is 6.61 Å². The lowest BCUT2D eigenvalue weighted by molar-refractivity contribution is -0.110. The highest BCUT2D eigenvalue weighted by Gasteiger charge is 2.44. The summed E-state index contributed by atoms with van der Waals surface area (Å²) in [7, 11) is -1.66. The third kappa shape index (κ3) is 4.32. The Morgan fingerprint density at radius 2 is 1.81 bits per heavy atom. The first-order valence-corrected chi connectivity index (χ1v) is 10.7. The van der Waals surface area contributed by atoms with Gasteiger partial charge in [-0.05, 0) is 36.1 Å². The third-order valence-corrected chi connectivity index (χ3v) is 6.82. The van der Waals surface area contributed by atoms with Gasteiger partial charge >= 0.3 is 0 Å². The van der Waals surface area contributed by atoms with Crippen molar-refractivity contribution < 1.29 is 18.0 Å². The van der Waals surface area contributed by atoms with E-state index in [2.05, 4.69) is 4.72 Å². The molecule has 0 aromatic heterocycles. The molecule has 4 rings (SSSR count). The Morgan fingerprint density at radius 1 is 1.11 bits per heavy atom. The predicted octanol–water partition coefficient (Wildman–Crippen LogP) is 2.63. The average Bonchev–Trinajstić information content (AvgIpc) is 3.38. The highest BCUT2D eigenvalue weighted by molar-refractivity contribution is 7.90. The highest BCUT2D eigenvalue weighted by atomic mass is 32.2. The maximum atomic E-state index is 12.7. The Bertz CT molecular complexity index is 867. The monoisotopic (exact) mass is 388 g/mol. The Balaban J connectivity index is 1.46. The van der Waals surface area contributed by atoms with Gasteiger partial charge < -0.3 is 4.74 Å². The fourth-order valence-corrected chi connectivity index (χ4v) is 5.09. The van der Waals surface area contributed by atoms with Crippen molar-refractivity contribution in [1.82, 2.24) is 9.79 Å². The summed E-state index contributed by atoms with van der Waals surface area (Å²) in [6.07, 6.45) is 1.83. The standard InChI is InChI=1S/C20H24N2O4S/c1-22-20(19(14-26-22)27(23,24)21-17-9-10-17)16-7-11-18(12-8-16)25-13-15-5-3-2-4-6-15/h2-8,11-12,17,19-21H,9-10,13-14H2,1H3. The summed E-state index contributed by atoms with van der Waals surface area (Å²) in [5.41, 5.74) is 2.00. The van der Waals surface area contributed by atoms with E-state index in [1.165, 1.54) is 0 Å². The predicted molar refractivity (Wildman–Crippen MR) is 103 cm³/mol. The van der Waals surface area contributed by atoms with E-state index in [1.54, 1.807) is 12.1 Å². The summed E-state index contributed by atoms with van der Waals surface area (Å²) in [6.45, 7) is 0.657. The molecule has 0 bridgehead atoms. The van der Waals surface area contributed by atoms with E-state index in [4.69, 9.17) is 9.57 Å². The summed E-state index contributed by atoms with van der Waals surface area (Å²) in [5, 5.41) is 1.01. The van der Waals surface area contributed by atoms with Gasteiger partial charge in [-0.1, -0.05) is 42.5 Å². The van der Waals surface area contributed by atoms with Gasteiger partial charge in [0.1, 0.15) is 17.6 Å². The van der Waals surface area contributed by atoms with E-state index in [1.807, 2.05) is 54.6 Å². The van der Waals surface area contributed by atoms with Crippen LogP contribution in [0, 0.1) is 0 Å². The molecule has 0 spiro atoms. The Hall–Kier alpha value is -1.93. The number of nitrogens with one attached hydrogen (secondary N) is 1. The van der Waals surface area contributed by atoms with E-state index in [0.717, 1.165) is 29.7 Å². The molecule has 1 aliphatic carbocycles. The van der Waals surface area contributed by atoms with Gasteiger partial charge in [-0.15, -0.1) is 0 Å². The average molecular weight is 388 g/mol. The second-order valence-electron chi connectivity index (χ2n) is 7.11. The molecule has 2 unspecified atom stereocenters. The molecule has 1 heterocycles. The minimum absolute atomic E-state index is 0.0929. The molecule has 6 nitrogen and oxygen atoms in total. The summed E-state index contributed by atoms with van der Waals surface area (Å²) >= 11 is 0. The molecular formula is C20H24N2O4S. The molecule has 0 radical (unpaired) electrons. The van der Waals surface area contributed by atoms with Crippen molar-refractivity contribution in [1.29, 1.82) is 0 Å². The minimum atomic E-state index is -3.43. The number of rotatable bonds is 7. The molecule has 144 valence electrons. The number of nitrogens with zero attached hydrogens (tertiary/aromatic N) is 1. The van der Waals surface area contributed by atoms with Crippen LogP contribution in [-0.4, -0.2) is 38.4 Å². The number of hydrogen-bond donors (Lipinski definition) is 1. The number of hydrogen-bond acceptors (Lipinski definition) is 5. The van der Waals surface area contributed by atoms with Crippen molar-refractivity contribution in [3.8, 4) is 5.75 Å². The van der Waals surface area contributed by atoms with Crippen LogP contribution in [0.15, 0.2) is 54.6 Å². The van der Waals surface area contributed by atoms with E-state index in [-0.39, 0.29) is 18.7 Å². The van der Waals surface area contributed by atoms with Crippen LogP contribution in [0.4, 0.5) is 0 Å². The fourth-order valence-electron chi connectivity index (χ4n) is 3.30. The first-order valence-electron chi connectivity index (χ1n) is 9.16.